The van der Waals surface area contributed by atoms with E-state index >= 15 is 0 Å². The molecule has 0 unspecified atom stereocenters. The molecule has 6 aromatic heterocycles. The third kappa shape index (κ3) is 17.7. The molecule has 0 bridgehead atoms. The number of rotatable bonds is 14. The molecule has 0 radical (unpaired) electrons. The van der Waals surface area contributed by atoms with Crippen LogP contribution in [-0.4, -0.2) is 132 Å². The van der Waals surface area contributed by atoms with Crippen LogP contribution < -0.4 is 16.0 Å². The molecule has 3 amide bonds. The summed E-state index contributed by atoms with van der Waals surface area (Å²) in [6.07, 6.45) is 6.23. The predicted molar refractivity (Wildman–Crippen MR) is 334 cm³/mol. The number of hydrogen-bond acceptors (Lipinski definition) is 17. The lowest BCUT2D eigenvalue weighted by atomic mass is 10.0. The summed E-state index contributed by atoms with van der Waals surface area (Å²) in [5.41, 5.74) is 4.92. The number of aliphatic carboxylic acids is 1. The van der Waals surface area contributed by atoms with Crippen molar-refractivity contribution in [3.05, 3.63) is 130 Å². The number of carboxylic acid groups (broad SMARTS) is 1. The van der Waals surface area contributed by atoms with Crippen LogP contribution in [0.15, 0.2) is 107 Å². The normalized spacial score (nSPS) is 15.7. The molecule has 2 fully saturated rings. The van der Waals surface area contributed by atoms with E-state index in [4.69, 9.17) is 5.11 Å². The molecule has 2 aromatic carbocycles. The van der Waals surface area contributed by atoms with Crippen molar-refractivity contribution in [2.45, 2.75) is 98.3 Å². The number of nitrogens with one attached hydrogen (secondary N) is 3. The van der Waals surface area contributed by atoms with E-state index in [0.29, 0.717) is 42.6 Å². The topological polar surface area (TPSA) is 275 Å². The zero-order valence-corrected chi connectivity index (χ0v) is 51.4. The zero-order valence-electron chi connectivity index (χ0n) is 44.8. The largest absolute Gasteiger partial charge is 0.480 e. The number of pyridine rings is 2. The van der Waals surface area contributed by atoms with E-state index in [0.717, 1.165) is 46.7 Å². The average Bonchev–Trinajstić information content (AvgIpc) is 4.32. The van der Waals surface area contributed by atoms with Crippen LogP contribution in [0.25, 0.3) is 44.1 Å². The zero-order chi connectivity index (χ0) is 58.5. The van der Waals surface area contributed by atoms with E-state index in [2.05, 4.69) is 110 Å². The van der Waals surface area contributed by atoms with Crippen molar-refractivity contribution in [1.82, 2.24) is 59.7 Å². The minimum Gasteiger partial charge on any atom is -0.480 e. The second kappa shape index (κ2) is 32.3. The highest BCUT2D eigenvalue weighted by Crippen LogP contribution is 2.30. The van der Waals surface area contributed by atoms with Gasteiger partial charge in [0.25, 0.3) is 0 Å². The molecule has 0 spiro atoms. The first kappa shape index (κ1) is 69.4. The van der Waals surface area contributed by atoms with E-state index < -0.39 is 42.2 Å². The average molecular weight is 1360 g/mol. The van der Waals surface area contributed by atoms with E-state index in [-0.39, 0.29) is 101 Å². The Morgan fingerprint density at radius 3 is 1.52 bits per heavy atom. The lowest BCUT2D eigenvalue weighted by Gasteiger charge is -2.23. The summed E-state index contributed by atoms with van der Waals surface area (Å²) >= 11 is 13.8. The Labute approximate surface area is 521 Å². The number of nitrogens with zero attached hydrogens (tertiary/aromatic N) is 11. The molecule has 21 nitrogen and oxygen atoms in total. The third-order valence-electron chi connectivity index (χ3n) is 12.6. The summed E-state index contributed by atoms with van der Waals surface area (Å²) in [6, 6.07) is 19.6. The van der Waals surface area contributed by atoms with Gasteiger partial charge < -0.3 is 26.0 Å². The molecule has 0 saturated carbocycles. The van der Waals surface area contributed by atoms with Crippen LogP contribution in [0.3, 0.4) is 0 Å². The summed E-state index contributed by atoms with van der Waals surface area (Å²) in [4.78, 5) is 99.9. The number of carboxylic acids is 1. The van der Waals surface area contributed by atoms with Gasteiger partial charge in [-0.1, -0.05) is 45.5 Å². The van der Waals surface area contributed by atoms with Gasteiger partial charge in [-0.3, -0.25) is 38.1 Å². The summed E-state index contributed by atoms with van der Waals surface area (Å²) in [5, 5.41) is 26.9. The molecule has 444 valence electrons. The smallest absolute Gasteiger partial charge is 0.325 e. The first-order chi connectivity index (χ1) is 38.9. The maximum Gasteiger partial charge on any atom is 0.325 e. The van der Waals surface area contributed by atoms with E-state index in [1.54, 1.807) is 73.3 Å². The lowest BCUT2D eigenvalue weighted by Crippen LogP contribution is -2.44. The standard InChI is InChI=1S/C27H25BrFN7O3.C17H16N4O3.C10H11BrFN3O.CH4.ClH.S2.H2S/c1-3-23-30-11-17(12-31-23)16-7-8-20-19(9-16)26(15(2)37)34-36(20)14-25(38)35-13-18(29)10-21(35)27(39)33-24-6-4-5-22(28)32-24;1-3-15-18-7-12(8-19-15)11-4-5-14-13(6-11)17(10(2)22)20-21(14)9-16(23)24;11-8-2-1-3-9(14-8)15-10(16)7-4-6(12)5-13-7;;;1-2;/h4-9,11-12,18,21H,3,10,13-14H2,1-2H3,(H,32,33,39);4-8H,3,9H2,1-2H3,(H,23,24);1-3,6-7,13H,4-5H2,(H,14,15,16);1H4;1H;;1H2/t18-,21+;;6-,7+;;;;/m1.1..../s1. The maximum atomic E-state index is 14.4. The highest BCUT2D eigenvalue weighted by Gasteiger charge is 2.40. The number of alkyl halides is 2. The molecule has 2 aliphatic rings. The number of likely N-dealkylation sites (tertiary alicyclic amines) is 1. The molecule has 8 aromatic rings. The van der Waals surface area contributed by atoms with Crippen LogP contribution in [0.5, 0.6) is 0 Å². The maximum absolute atomic E-state index is 14.4. The first-order valence-corrected chi connectivity index (χ1v) is 28.0. The van der Waals surface area contributed by atoms with Crippen molar-refractivity contribution in [2.24, 2.45) is 0 Å². The Kier molecular flexibility index (Phi) is 26.7. The molecule has 4 atom stereocenters. The highest BCUT2D eigenvalue weighted by atomic mass is 79.9. The van der Waals surface area contributed by atoms with E-state index in [9.17, 15) is 37.5 Å². The van der Waals surface area contributed by atoms with E-state index in [1.807, 2.05) is 38.1 Å². The predicted octanol–water partition coefficient (Wildman–Crippen LogP) is 8.98. The van der Waals surface area contributed by atoms with Crippen LogP contribution in [-0.2, 0) is 67.5 Å². The monoisotopic (exact) mass is 1350 g/mol. The second-order valence-electron chi connectivity index (χ2n) is 18.3. The number of aryl methyl sites for hydroxylation is 2. The van der Waals surface area contributed by atoms with Gasteiger partial charge in [-0.05, 0) is 91.5 Å². The fraction of sp³-hybridized carbons (Fsp3) is 0.309. The fourth-order valence-corrected chi connectivity index (χ4v) is 9.47. The molecular formula is C55H59Br2ClF2N14O7S3. The number of carbonyl (C=O) groups is 6. The van der Waals surface area contributed by atoms with Gasteiger partial charge in [0.15, 0.2) is 11.6 Å². The van der Waals surface area contributed by atoms with Crippen LogP contribution in [0.4, 0.5) is 20.4 Å². The molecule has 0 aliphatic carbocycles. The number of Topliss-reactive ketones (excluding diaryl/α,β-unsaturated/α-hetero) is 2. The molecule has 2 saturated heterocycles. The summed E-state index contributed by atoms with van der Waals surface area (Å²) in [6.45, 7) is 6.25. The van der Waals surface area contributed by atoms with Crippen LogP contribution in [0.2, 0.25) is 0 Å². The van der Waals surface area contributed by atoms with Crippen molar-refractivity contribution >= 4 is 149 Å². The first-order valence-electron chi connectivity index (χ1n) is 25.1. The van der Waals surface area contributed by atoms with Crippen LogP contribution in [0, 0.1) is 0 Å². The molecule has 10 rings (SSSR count). The molecule has 84 heavy (non-hydrogen) atoms. The van der Waals surface area contributed by atoms with Gasteiger partial charge in [0, 0.05) is 115 Å². The number of carbonyl (C=O) groups excluding carboxylic acids is 5. The molecule has 4 N–H and O–H groups in total. The SMILES string of the molecule is C.CCc1ncc(-c2ccc3c(c2)c(C(C)=O)nn3CC(=O)N2C[C@H](F)C[C@H]2C(=O)Nc2cccc(Br)n2)cn1.CCc1ncc(-c2ccc3c(c2)c(C(C)=O)nn3CC(=O)O)cn1.Cl.O=C(Nc1cccc(Br)n1)[C@@H]1C[C@@H](F)CN1.S.S=S. The number of fused-ring (bicyclic) bond motifs is 2. The van der Waals surface area contributed by atoms with Crippen LogP contribution in [0.1, 0.15) is 80.6 Å². The van der Waals surface area contributed by atoms with Crippen molar-refractivity contribution in [2.75, 3.05) is 23.7 Å². The van der Waals surface area contributed by atoms with Gasteiger partial charge in [-0.15, -0.1) is 12.4 Å². The Hall–Kier alpha value is -7.08. The minimum atomic E-state index is -1.34. The minimum absolute atomic E-state index is 0. The van der Waals surface area contributed by atoms with Gasteiger partial charge in [-0.25, -0.2) is 38.7 Å². The summed E-state index contributed by atoms with van der Waals surface area (Å²) < 4.78 is 31.2. The third-order valence-corrected chi connectivity index (χ3v) is 13.5. The fourth-order valence-electron chi connectivity index (χ4n) is 8.78. The number of benzene rings is 2. The number of anilines is 2. The Morgan fingerprint density at radius 2 is 1.12 bits per heavy atom. The molecular weight excluding hydrogens is 1300 g/mol. The Bertz CT molecular complexity index is 3630. The number of ketones is 2. The highest BCUT2D eigenvalue weighted by molar-refractivity contribution is 9.10. The summed E-state index contributed by atoms with van der Waals surface area (Å²) in [7, 11) is 0. The van der Waals surface area contributed by atoms with Crippen LogP contribution >= 0.6 is 57.8 Å². The lowest BCUT2D eigenvalue weighted by molar-refractivity contribution is -0.138. The number of halogens is 5. The number of aromatic nitrogens is 10. The van der Waals surface area contributed by atoms with Gasteiger partial charge in [-0.2, -0.15) is 23.7 Å². The molecule has 2 aliphatic heterocycles. The summed E-state index contributed by atoms with van der Waals surface area (Å²) in [5.74, 6) is -0.486. The van der Waals surface area contributed by atoms with Gasteiger partial charge in [0.2, 0.25) is 17.7 Å². The van der Waals surface area contributed by atoms with Crippen molar-refractivity contribution < 1.29 is 42.7 Å². The Morgan fingerprint density at radius 1 is 0.667 bits per heavy atom. The second-order valence-corrected chi connectivity index (χ2v) is 19.9. The van der Waals surface area contributed by atoms with E-state index in [1.165, 1.54) is 28.1 Å². The molecule has 29 heteroatoms. The van der Waals surface area contributed by atoms with Gasteiger partial charge in [0.05, 0.1) is 23.6 Å². The number of hydrogen-bond donors (Lipinski definition) is 4. The molecule has 8 heterocycles. The van der Waals surface area contributed by atoms with Gasteiger partial charge >= 0.3 is 5.97 Å². The van der Waals surface area contributed by atoms with Gasteiger partial charge in [0.1, 0.15) is 75.4 Å². The number of amides is 3. The Balaban J connectivity index is 0.000000287. The van der Waals surface area contributed by atoms with Crippen molar-refractivity contribution in [1.29, 1.82) is 0 Å². The quantitative estimate of drug-likeness (QED) is 0.0584. The van der Waals surface area contributed by atoms with Crippen molar-refractivity contribution in [3.8, 4) is 22.3 Å². The van der Waals surface area contributed by atoms with Crippen molar-refractivity contribution in [3.63, 3.8) is 0 Å².